The van der Waals surface area contributed by atoms with E-state index in [2.05, 4.69) is 22.1 Å². The third-order valence-corrected chi connectivity index (χ3v) is 9.01. The van der Waals surface area contributed by atoms with Crippen molar-refractivity contribution in [2.24, 2.45) is 22.7 Å². The zero-order chi connectivity index (χ0) is 27.3. The van der Waals surface area contributed by atoms with E-state index in [0.29, 0.717) is 11.4 Å². The molecule has 0 spiro atoms. The lowest BCUT2D eigenvalue weighted by Gasteiger charge is -2.57. The molecule has 3 aromatic rings. The monoisotopic (exact) mass is 547 g/mol. The summed E-state index contributed by atoms with van der Waals surface area (Å²) in [6.07, 6.45) is 8.93. The molecule has 0 saturated heterocycles. The highest BCUT2D eigenvalue weighted by molar-refractivity contribution is 6.33. The van der Waals surface area contributed by atoms with Crippen LogP contribution in [0, 0.1) is 17.8 Å². The van der Waals surface area contributed by atoms with Crippen LogP contribution in [0.15, 0.2) is 57.0 Å². The van der Waals surface area contributed by atoms with Crippen molar-refractivity contribution < 1.29 is 14.6 Å². The van der Waals surface area contributed by atoms with Gasteiger partial charge in [0.05, 0.1) is 28.6 Å². The maximum absolute atomic E-state index is 12.7. The van der Waals surface area contributed by atoms with E-state index >= 15 is 0 Å². The number of aliphatic imine (C=N–C) groups is 1. The highest BCUT2D eigenvalue weighted by Gasteiger charge is 2.51. The van der Waals surface area contributed by atoms with Crippen molar-refractivity contribution in [1.29, 1.82) is 0 Å². The number of halogens is 1. The summed E-state index contributed by atoms with van der Waals surface area (Å²) in [6, 6.07) is 12.3. The van der Waals surface area contributed by atoms with E-state index in [1.165, 1.54) is 56.2 Å². The van der Waals surface area contributed by atoms with E-state index in [-0.39, 0.29) is 28.2 Å². The molecule has 4 saturated carbocycles. The first-order valence-electron chi connectivity index (χ1n) is 13.5. The average Bonchev–Trinajstić information content (AvgIpc) is 2.89. The Morgan fingerprint density at radius 2 is 1.74 bits per heavy atom. The summed E-state index contributed by atoms with van der Waals surface area (Å²) in [5.41, 5.74) is 0.707. The van der Waals surface area contributed by atoms with Gasteiger partial charge in [0.25, 0.3) is 5.56 Å². The first kappa shape index (κ1) is 25.6. The quantitative estimate of drug-likeness (QED) is 0.322. The number of benzene rings is 2. The highest BCUT2D eigenvalue weighted by atomic mass is 35.5. The van der Waals surface area contributed by atoms with Crippen LogP contribution in [-0.4, -0.2) is 33.4 Å². The van der Waals surface area contributed by atoms with E-state index in [1.807, 2.05) is 12.1 Å². The topological polar surface area (TPSA) is 114 Å². The summed E-state index contributed by atoms with van der Waals surface area (Å²) in [5.74, 6) is 1.34. The maximum Gasteiger partial charge on any atom is 0.339 e. The second-order valence-electron chi connectivity index (χ2n) is 11.2. The molecule has 4 aliphatic rings. The fourth-order valence-corrected chi connectivity index (χ4v) is 7.62. The van der Waals surface area contributed by atoms with E-state index in [9.17, 15) is 19.5 Å². The molecule has 4 bridgehead atoms. The molecule has 0 aliphatic heterocycles. The number of aromatic hydroxyl groups is 1. The van der Waals surface area contributed by atoms with Gasteiger partial charge >= 0.3 is 11.7 Å². The van der Waals surface area contributed by atoms with Gasteiger partial charge in [0.15, 0.2) is 0 Å². The van der Waals surface area contributed by atoms with Gasteiger partial charge in [-0.05, 0) is 105 Å². The zero-order valence-corrected chi connectivity index (χ0v) is 22.4. The van der Waals surface area contributed by atoms with Gasteiger partial charge in [-0.15, -0.1) is 0 Å². The Labute approximate surface area is 230 Å². The number of nitrogens with zero attached hydrogens (tertiary/aromatic N) is 2. The minimum atomic E-state index is -0.776. The number of carbonyl (C=O) groups excluding carboxylic acids is 1. The van der Waals surface area contributed by atoms with Gasteiger partial charge in [-0.1, -0.05) is 23.7 Å². The summed E-state index contributed by atoms with van der Waals surface area (Å²) < 4.78 is 6.08. The van der Waals surface area contributed by atoms with E-state index in [0.717, 1.165) is 28.5 Å². The maximum atomic E-state index is 12.7. The van der Waals surface area contributed by atoms with Gasteiger partial charge in [0.1, 0.15) is 5.56 Å². The molecule has 1 heterocycles. The minimum absolute atomic E-state index is 0.135. The Hall–Kier alpha value is -3.65. The number of ether oxygens (including phenoxy) is 1. The molecule has 8 nitrogen and oxygen atoms in total. The number of aromatic amines is 1. The van der Waals surface area contributed by atoms with Crippen LogP contribution in [0.1, 0.15) is 66.9 Å². The summed E-state index contributed by atoms with van der Waals surface area (Å²) >= 11 is 6.11. The lowest BCUT2D eigenvalue weighted by atomic mass is 9.48. The summed E-state index contributed by atoms with van der Waals surface area (Å²) in [4.78, 5) is 44.0. The molecule has 7 rings (SSSR count). The second-order valence-corrected chi connectivity index (χ2v) is 11.6. The number of esters is 1. The van der Waals surface area contributed by atoms with Crippen LogP contribution in [0.3, 0.4) is 0 Å². The molecule has 0 amide bonds. The van der Waals surface area contributed by atoms with Gasteiger partial charge < -0.3 is 9.84 Å². The van der Waals surface area contributed by atoms with Crippen molar-refractivity contribution in [3.05, 3.63) is 85.0 Å². The van der Waals surface area contributed by atoms with E-state index < -0.39 is 23.1 Å². The molecule has 0 unspecified atom stereocenters. The molecule has 4 fully saturated rings. The molecule has 4 aliphatic carbocycles. The summed E-state index contributed by atoms with van der Waals surface area (Å²) in [5, 5.41) is 11.2. The Kier molecular flexibility index (Phi) is 6.46. The van der Waals surface area contributed by atoms with Crippen LogP contribution in [0.2, 0.25) is 5.02 Å². The normalized spacial score (nSPS) is 25.3. The van der Waals surface area contributed by atoms with Crippen molar-refractivity contribution in [3.63, 3.8) is 0 Å². The lowest BCUT2D eigenvalue weighted by Crippen LogP contribution is -2.48. The average molecular weight is 548 g/mol. The number of rotatable bonds is 6. The second kappa shape index (κ2) is 9.83. The predicted molar refractivity (Wildman–Crippen MR) is 149 cm³/mol. The molecule has 2 N–H and O–H groups in total. The number of H-pyrrole nitrogens is 1. The largest absolute Gasteiger partial charge is 0.493 e. The molecule has 39 heavy (non-hydrogen) atoms. The van der Waals surface area contributed by atoms with Gasteiger partial charge in [0, 0.05) is 6.21 Å². The van der Waals surface area contributed by atoms with Crippen molar-refractivity contribution in [1.82, 2.24) is 9.55 Å². The summed E-state index contributed by atoms with van der Waals surface area (Å²) in [7, 11) is 0. The molecular weight excluding hydrogens is 518 g/mol. The molecule has 0 atom stereocenters. The fourth-order valence-electron chi connectivity index (χ4n) is 7.42. The number of carbonyl (C=O) groups is 1. The molecular formula is C30H30ClN3O5. The molecule has 0 radical (unpaired) electrons. The third kappa shape index (κ3) is 4.61. The number of hydrogen-bond acceptors (Lipinski definition) is 6. The molecule has 2 aromatic carbocycles. The Morgan fingerprint density at radius 3 is 2.36 bits per heavy atom. The van der Waals surface area contributed by atoms with Crippen LogP contribution in [-0.2, 0) is 10.2 Å². The smallest absolute Gasteiger partial charge is 0.339 e. The SMILES string of the molecule is CCOC(=O)c1cc(N=Cc2c(O)n(-c3ccc(C45CC6CC(CC(C6)C4)C5)cc3)c(=O)[nH]c2=O)ccc1Cl. The fraction of sp³-hybridized carbons (Fsp3) is 0.400. The zero-order valence-electron chi connectivity index (χ0n) is 21.7. The Morgan fingerprint density at radius 1 is 1.10 bits per heavy atom. The predicted octanol–water partition coefficient (Wildman–Crippen LogP) is 5.28. The van der Waals surface area contributed by atoms with Crippen LogP contribution >= 0.6 is 11.6 Å². The van der Waals surface area contributed by atoms with Gasteiger partial charge in [-0.2, -0.15) is 0 Å². The van der Waals surface area contributed by atoms with Gasteiger partial charge in [-0.25, -0.2) is 14.2 Å². The Bertz CT molecular complexity index is 1550. The third-order valence-electron chi connectivity index (χ3n) is 8.69. The molecule has 9 heteroatoms. The number of aromatic nitrogens is 2. The van der Waals surface area contributed by atoms with Crippen LogP contribution in [0.25, 0.3) is 5.69 Å². The van der Waals surface area contributed by atoms with Crippen LogP contribution in [0.4, 0.5) is 5.69 Å². The van der Waals surface area contributed by atoms with Gasteiger partial charge in [0.2, 0.25) is 5.88 Å². The van der Waals surface area contributed by atoms with E-state index in [1.54, 1.807) is 13.0 Å². The molecule has 202 valence electrons. The lowest BCUT2D eigenvalue weighted by molar-refractivity contribution is -0.00518. The number of nitrogens with one attached hydrogen (secondary N) is 1. The Balaban J connectivity index is 1.31. The number of hydrogen-bond donors (Lipinski definition) is 2. The minimum Gasteiger partial charge on any atom is -0.493 e. The first-order chi connectivity index (χ1) is 18.8. The van der Waals surface area contributed by atoms with Gasteiger partial charge in [-0.3, -0.25) is 14.8 Å². The van der Waals surface area contributed by atoms with Crippen molar-refractivity contribution in [2.45, 2.75) is 50.9 Å². The van der Waals surface area contributed by atoms with Crippen molar-refractivity contribution in [3.8, 4) is 11.6 Å². The van der Waals surface area contributed by atoms with Crippen LogP contribution in [0.5, 0.6) is 5.88 Å². The van der Waals surface area contributed by atoms with Crippen molar-refractivity contribution in [2.75, 3.05) is 6.61 Å². The highest BCUT2D eigenvalue weighted by Crippen LogP contribution is 2.60. The standard InChI is InChI=1S/C30H30ClN3O5/c1-2-39-28(37)23-12-21(5-8-25(23)31)32-16-24-26(35)33-29(38)34(27(24)36)22-6-3-20(4-7-22)30-13-17-9-18(14-30)11-19(10-17)15-30/h3-8,12,16-19,36H,2,9-11,13-15H2,1H3,(H,33,35,38). The summed E-state index contributed by atoms with van der Waals surface area (Å²) in [6.45, 7) is 1.88. The van der Waals surface area contributed by atoms with Crippen LogP contribution < -0.4 is 11.2 Å². The first-order valence-corrected chi connectivity index (χ1v) is 13.8. The van der Waals surface area contributed by atoms with Crippen molar-refractivity contribution >= 4 is 29.5 Å². The van der Waals surface area contributed by atoms with E-state index in [4.69, 9.17) is 16.3 Å². The molecule has 1 aromatic heterocycles.